The number of hydrogen-bond acceptors (Lipinski definition) is 0. The maximum absolute atomic E-state index is 10.2. The third-order valence-electron chi connectivity index (χ3n) is 0. The van der Waals surface area contributed by atoms with Crippen molar-refractivity contribution in [3.63, 3.8) is 0 Å². The number of hydrogen-bond donors (Lipinski definition) is 0. The maximum Gasteiger partial charge on any atom is 0.467 e. The molecule has 0 unspecified atom stereocenters. The standard InChI is InChI=1S/CClF2O/c2-1(3,4)5. The Morgan fingerprint density at radius 1 is 1.60 bits per heavy atom. The van der Waals surface area contributed by atoms with E-state index in [-0.39, 0.29) is 0 Å². The van der Waals surface area contributed by atoms with Crippen molar-refractivity contribution in [3.8, 4) is 0 Å². The zero-order valence-corrected chi connectivity index (χ0v) is 2.80. The molecule has 0 N–H and O–H groups in total. The predicted octanol–water partition coefficient (Wildman–Crippen LogP) is 1.21. The first-order valence-electron chi connectivity index (χ1n) is 0.771. The molecule has 0 saturated heterocycles. The van der Waals surface area contributed by atoms with Crippen molar-refractivity contribution in [2.24, 2.45) is 0 Å². The van der Waals surface area contributed by atoms with Crippen LogP contribution in [0.5, 0.6) is 0 Å². The smallest absolute Gasteiger partial charge is 0.158 e. The van der Waals surface area contributed by atoms with Crippen molar-refractivity contribution in [1.29, 1.82) is 0 Å². The summed E-state index contributed by atoms with van der Waals surface area (Å²) in [5.41, 5.74) is -4.28. The minimum atomic E-state index is -4.28. The van der Waals surface area contributed by atoms with Crippen LogP contribution in [-0.4, -0.2) is 5.57 Å². The summed E-state index contributed by atoms with van der Waals surface area (Å²) >= 11 is 3.64. The normalized spacial score (nSPS) is 12.0. The molecule has 0 heterocycles. The van der Waals surface area contributed by atoms with Crippen LogP contribution in [0.15, 0.2) is 0 Å². The Bertz CT molecular complexity index is 25.1. The molecule has 0 aliphatic carbocycles. The molecular formula is CClF2O. The Balaban J connectivity index is 3.02. The molecule has 0 saturated carbocycles. The van der Waals surface area contributed by atoms with Crippen LogP contribution in [0.2, 0.25) is 0 Å². The first-order chi connectivity index (χ1) is 2.00. The van der Waals surface area contributed by atoms with Gasteiger partial charge in [0.25, 0.3) is 0 Å². The Hall–Kier alpha value is 0.110. The summed E-state index contributed by atoms with van der Waals surface area (Å²) in [6.45, 7) is 0. The molecule has 1 nitrogen and oxygen atoms in total. The molecule has 4 heteroatoms. The lowest BCUT2D eigenvalue weighted by Gasteiger charge is -1.85. The van der Waals surface area contributed by atoms with Gasteiger partial charge in [-0.25, -0.2) is 0 Å². The third-order valence-corrected chi connectivity index (χ3v) is 0. The van der Waals surface area contributed by atoms with Crippen LogP contribution in [0.1, 0.15) is 0 Å². The first-order valence-corrected chi connectivity index (χ1v) is 1.15. The van der Waals surface area contributed by atoms with Gasteiger partial charge in [-0.05, 0) is 11.6 Å². The van der Waals surface area contributed by atoms with E-state index in [0.717, 1.165) is 0 Å². The van der Waals surface area contributed by atoms with Crippen LogP contribution in [0.3, 0.4) is 0 Å². The Kier molecular flexibility index (Phi) is 1.09. The molecule has 0 aromatic heterocycles. The molecule has 0 aliphatic heterocycles. The average molecular weight is 101 g/mol. The lowest BCUT2D eigenvalue weighted by molar-refractivity contribution is -0.168. The van der Waals surface area contributed by atoms with Gasteiger partial charge >= 0.3 is 5.57 Å². The topological polar surface area (TPSA) is 19.9 Å². The van der Waals surface area contributed by atoms with E-state index in [1.807, 2.05) is 0 Å². The van der Waals surface area contributed by atoms with E-state index in [1.54, 1.807) is 0 Å². The van der Waals surface area contributed by atoms with Gasteiger partial charge in [0, 0.05) is 0 Å². The van der Waals surface area contributed by atoms with Gasteiger partial charge in [-0.3, -0.25) is 0 Å². The molecule has 1 radical (unpaired) electrons. The van der Waals surface area contributed by atoms with Crippen LogP contribution >= 0.6 is 11.6 Å². The second-order valence-electron chi connectivity index (χ2n) is 0.446. The van der Waals surface area contributed by atoms with Crippen molar-refractivity contribution in [2.45, 2.75) is 5.57 Å². The van der Waals surface area contributed by atoms with Gasteiger partial charge in [-0.2, -0.15) is 8.78 Å². The predicted molar refractivity (Wildman–Crippen MR) is 11.5 cm³/mol. The second-order valence-corrected chi connectivity index (χ2v) is 0.886. The molecule has 0 amide bonds. The summed E-state index contributed by atoms with van der Waals surface area (Å²) in [5.74, 6) is 0. The molecule has 0 rings (SSSR count). The van der Waals surface area contributed by atoms with E-state index in [9.17, 15) is 8.78 Å². The number of halogens is 3. The molecule has 0 aromatic rings. The van der Waals surface area contributed by atoms with Gasteiger partial charge in [0.05, 0.1) is 0 Å². The molecule has 5 heavy (non-hydrogen) atoms. The van der Waals surface area contributed by atoms with Crippen molar-refractivity contribution in [3.05, 3.63) is 0 Å². The summed E-state index contributed by atoms with van der Waals surface area (Å²) in [7, 11) is 0. The lowest BCUT2D eigenvalue weighted by atomic mass is 11.5. The summed E-state index contributed by atoms with van der Waals surface area (Å²) in [4.78, 5) is 0. The van der Waals surface area contributed by atoms with E-state index in [2.05, 4.69) is 11.6 Å². The van der Waals surface area contributed by atoms with Gasteiger partial charge in [-0.15, -0.1) is 5.11 Å². The monoisotopic (exact) mass is 101 g/mol. The minimum Gasteiger partial charge on any atom is -0.158 e. The fourth-order valence-corrected chi connectivity index (χ4v) is 0. The fraction of sp³-hybridized carbons (Fsp3) is 1.00. The SMILES string of the molecule is [O]C(F)(F)Cl. The molecule has 0 atom stereocenters. The lowest BCUT2D eigenvalue weighted by Crippen LogP contribution is -1.96. The van der Waals surface area contributed by atoms with Gasteiger partial charge in [0.2, 0.25) is 0 Å². The molecule has 0 aliphatic rings. The summed E-state index contributed by atoms with van der Waals surface area (Å²) in [5, 5.41) is 8.54. The van der Waals surface area contributed by atoms with Crippen molar-refractivity contribution in [2.75, 3.05) is 0 Å². The van der Waals surface area contributed by atoms with E-state index in [4.69, 9.17) is 5.11 Å². The van der Waals surface area contributed by atoms with Crippen LogP contribution in [0.4, 0.5) is 8.78 Å². The fourth-order valence-electron chi connectivity index (χ4n) is 0. The van der Waals surface area contributed by atoms with Gasteiger partial charge in [0.15, 0.2) is 0 Å². The van der Waals surface area contributed by atoms with Crippen LogP contribution < -0.4 is 0 Å². The zero-order valence-electron chi connectivity index (χ0n) is 2.04. The quantitative estimate of drug-likeness (QED) is 0.409. The minimum absolute atomic E-state index is 3.64. The average Bonchev–Trinajstić information content (AvgIpc) is 0.722. The molecule has 31 valence electrons. The summed E-state index contributed by atoms with van der Waals surface area (Å²) < 4.78 is 20.5. The number of rotatable bonds is 0. The van der Waals surface area contributed by atoms with E-state index >= 15 is 0 Å². The first kappa shape index (κ1) is 5.11. The third kappa shape index (κ3) is 1510. The Labute approximate surface area is 32.2 Å². The molecule has 0 spiro atoms. The molecule has 0 fully saturated rings. The highest BCUT2D eigenvalue weighted by atomic mass is 35.5. The van der Waals surface area contributed by atoms with E-state index < -0.39 is 5.57 Å². The van der Waals surface area contributed by atoms with Crippen LogP contribution in [-0.2, 0) is 5.11 Å². The van der Waals surface area contributed by atoms with Crippen molar-refractivity contribution in [1.82, 2.24) is 0 Å². The Morgan fingerprint density at radius 3 is 1.60 bits per heavy atom. The zero-order chi connectivity index (χ0) is 4.50. The maximum atomic E-state index is 10.2. The van der Waals surface area contributed by atoms with Gasteiger partial charge in [0.1, 0.15) is 0 Å². The highest BCUT2D eigenvalue weighted by molar-refractivity contribution is 6.20. The summed E-state index contributed by atoms with van der Waals surface area (Å²) in [6, 6.07) is 0. The largest absolute Gasteiger partial charge is 0.467 e. The Morgan fingerprint density at radius 2 is 1.60 bits per heavy atom. The van der Waals surface area contributed by atoms with Crippen molar-refractivity contribution < 1.29 is 13.9 Å². The summed E-state index contributed by atoms with van der Waals surface area (Å²) in [6.07, 6.45) is 0. The molecule has 0 bridgehead atoms. The van der Waals surface area contributed by atoms with E-state index in [0.29, 0.717) is 0 Å². The van der Waals surface area contributed by atoms with Crippen LogP contribution in [0, 0.1) is 0 Å². The molecular weight excluding hydrogens is 101 g/mol. The highest BCUT2D eigenvalue weighted by Gasteiger charge is 2.20. The number of alkyl halides is 3. The van der Waals surface area contributed by atoms with Gasteiger partial charge < -0.3 is 0 Å². The molecule has 0 aromatic carbocycles. The van der Waals surface area contributed by atoms with Crippen LogP contribution in [0.25, 0.3) is 0 Å². The highest BCUT2D eigenvalue weighted by Crippen LogP contribution is 2.12. The van der Waals surface area contributed by atoms with Gasteiger partial charge in [-0.1, -0.05) is 0 Å². The van der Waals surface area contributed by atoms with E-state index in [1.165, 1.54) is 0 Å². The second kappa shape index (κ2) is 1.06. The van der Waals surface area contributed by atoms with Crippen molar-refractivity contribution >= 4 is 11.6 Å².